The highest BCUT2D eigenvalue weighted by Gasteiger charge is 2.33. The van der Waals surface area contributed by atoms with Crippen LogP contribution in [0.1, 0.15) is 44.9 Å². The van der Waals surface area contributed by atoms with Crippen molar-refractivity contribution in [2.24, 2.45) is 5.41 Å². The molecule has 2 aliphatic rings. The van der Waals surface area contributed by atoms with Crippen LogP contribution in [0.15, 0.2) is 12.2 Å². The minimum Gasteiger partial charge on any atom is -0.295 e. The van der Waals surface area contributed by atoms with E-state index in [1.54, 1.807) is 6.08 Å². The zero-order chi connectivity index (χ0) is 8.44. The van der Waals surface area contributed by atoms with Crippen LogP contribution in [0.2, 0.25) is 0 Å². The second-order valence-electron chi connectivity index (χ2n) is 4.25. The summed E-state index contributed by atoms with van der Waals surface area (Å²) in [6.45, 7) is 0. The molecule has 0 saturated heterocycles. The average Bonchev–Trinajstić information content (AvgIpc) is 2.30. The normalized spacial score (nSPS) is 27.8. The highest BCUT2D eigenvalue weighted by molar-refractivity contribution is 5.93. The molecule has 0 heterocycles. The third-order valence-electron chi connectivity index (χ3n) is 3.25. The molecule has 0 aromatic rings. The van der Waals surface area contributed by atoms with Gasteiger partial charge in [-0.2, -0.15) is 0 Å². The van der Waals surface area contributed by atoms with Gasteiger partial charge in [0.1, 0.15) is 0 Å². The van der Waals surface area contributed by atoms with E-state index < -0.39 is 0 Å². The summed E-state index contributed by atoms with van der Waals surface area (Å²) in [6.07, 6.45) is 12.6. The zero-order valence-electron chi connectivity index (χ0n) is 7.51. The second kappa shape index (κ2) is 3.04. The summed E-state index contributed by atoms with van der Waals surface area (Å²) in [5.74, 6) is 0.344. The number of hydrogen-bond acceptors (Lipinski definition) is 1. The average molecular weight is 164 g/mol. The van der Waals surface area contributed by atoms with Gasteiger partial charge in [0, 0.05) is 6.42 Å². The number of rotatable bonds is 0. The molecule has 12 heavy (non-hydrogen) atoms. The van der Waals surface area contributed by atoms with Gasteiger partial charge in [-0.25, -0.2) is 0 Å². The van der Waals surface area contributed by atoms with Gasteiger partial charge in [-0.3, -0.25) is 4.79 Å². The van der Waals surface area contributed by atoms with E-state index in [4.69, 9.17) is 0 Å². The Hall–Kier alpha value is -0.590. The molecule has 1 heteroatoms. The fraction of sp³-hybridized carbons (Fsp3) is 0.727. The Morgan fingerprint density at radius 3 is 2.25 bits per heavy atom. The Balaban J connectivity index is 2.09. The van der Waals surface area contributed by atoms with Crippen LogP contribution in [-0.4, -0.2) is 5.78 Å². The van der Waals surface area contributed by atoms with Gasteiger partial charge in [0.2, 0.25) is 0 Å². The van der Waals surface area contributed by atoms with Gasteiger partial charge in [-0.15, -0.1) is 0 Å². The highest BCUT2D eigenvalue weighted by Crippen LogP contribution is 2.42. The Kier molecular flexibility index (Phi) is 2.03. The standard InChI is InChI=1S/C11H16O/c12-10-5-8-11(9-10)6-3-1-2-4-7-11/h5,8H,1-4,6-7,9H2. The maximum Gasteiger partial charge on any atom is 0.156 e. The largest absolute Gasteiger partial charge is 0.295 e. The molecule has 0 aromatic carbocycles. The van der Waals surface area contributed by atoms with Gasteiger partial charge in [-0.1, -0.05) is 31.8 Å². The molecule has 0 amide bonds. The van der Waals surface area contributed by atoms with Crippen LogP contribution in [0, 0.1) is 5.41 Å². The molecule has 0 aliphatic heterocycles. The van der Waals surface area contributed by atoms with E-state index in [1.807, 2.05) is 0 Å². The fourth-order valence-electron chi connectivity index (χ4n) is 2.51. The lowest BCUT2D eigenvalue weighted by Crippen LogP contribution is -2.15. The Bertz CT molecular complexity index is 207. The molecule has 1 spiro atoms. The first-order chi connectivity index (χ1) is 5.81. The third kappa shape index (κ3) is 1.45. The summed E-state index contributed by atoms with van der Waals surface area (Å²) in [7, 11) is 0. The van der Waals surface area contributed by atoms with E-state index in [-0.39, 0.29) is 0 Å². The van der Waals surface area contributed by atoms with Crippen molar-refractivity contribution in [1.29, 1.82) is 0 Å². The number of carbonyl (C=O) groups is 1. The maximum absolute atomic E-state index is 11.1. The molecule has 0 aromatic heterocycles. The monoisotopic (exact) mass is 164 g/mol. The van der Waals surface area contributed by atoms with Crippen molar-refractivity contribution in [3.05, 3.63) is 12.2 Å². The first-order valence-electron chi connectivity index (χ1n) is 5.03. The summed E-state index contributed by atoms with van der Waals surface area (Å²) in [5.41, 5.74) is 0.299. The summed E-state index contributed by atoms with van der Waals surface area (Å²) in [6, 6.07) is 0. The smallest absolute Gasteiger partial charge is 0.156 e. The lowest BCUT2D eigenvalue weighted by atomic mass is 9.80. The molecule has 1 saturated carbocycles. The van der Waals surface area contributed by atoms with Crippen LogP contribution in [-0.2, 0) is 4.79 Å². The molecule has 1 nitrogen and oxygen atoms in total. The summed E-state index contributed by atoms with van der Waals surface area (Å²) >= 11 is 0. The maximum atomic E-state index is 11.1. The zero-order valence-corrected chi connectivity index (χ0v) is 7.51. The molecule has 0 N–H and O–H groups in total. The van der Waals surface area contributed by atoms with Crippen LogP contribution < -0.4 is 0 Å². The molecular formula is C11H16O. The molecule has 2 aliphatic carbocycles. The van der Waals surface area contributed by atoms with Crippen molar-refractivity contribution in [3.63, 3.8) is 0 Å². The van der Waals surface area contributed by atoms with Crippen molar-refractivity contribution >= 4 is 5.78 Å². The molecule has 2 rings (SSSR count). The summed E-state index contributed by atoms with van der Waals surface area (Å²) in [4.78, 5) is 11.1. The molecule has 0 radical (unpaired) electrons. The van der Waals surface area contributed by atoms with Crippen molar-refractivity contribution in [2.75, 3.05) is 0 Å². The Labute approximate surface area is 73.8 Å². The number of carbonyl (C=O) groups excluding carboxylic acids is 1. The van der Waals surface area contributed by atoms with Crippen molar-refractivity contribution in [2.45, 2.75) is 44.9 Å². The first-order valence-corrected chi connectivity index (χ1v) is 5.03. The van der Waals surface area contributed by atoms with E-state index in [2.05, 4.69) is 6.08 Å². The van der Waals surface area contributed by atoms with E-state index in [0.717, 1.165) is 6.42 Å². The fourth-order valence-corrected chi connectivity index (χ4v) is 2.51. The van der Waals surface area contributed by atoms with Crippen LogP contribution in [0.25, 0.3) is 0 Å². The van der Waals surface area contributed by atoms with Gasteiger partial charge < -0.3 is 0 Å². The van der Waals surface area contributed by atoms with Crippen molar-refractivity contribution in [3.8, 4) is 0 Å². The van der Waals surface area contributed by atoms with Crippen molar-refractivity contribution in [1.82, 2.24) is 0 Å². The predicted octanol–water partition coefficient (Wildman–Crippen LogP) is 2.86. The second-order valence-corrected chi connectivity index (χ2v) is 4.25. The van der Waals surface area contributed by atoms with Crippen molar-refractivity contribution < 1.29 is 4.79 Å². The van der Waals surface area contributed by atoms with Crippen LogP contribution >= 0.6 is 0 Å². The van der Waals surface area contributed by atoms with E-state index in [0.29, 0.717) is 11.2 Å². The van der Waals surface area contributed by atoms with Crippen LogP contribution in [0.3, 0.4) is 0 Å². The summed E-state index contributed by atoms with van der Waals surface area (Å²) < 4.78 is 0. The minimum atomic E-state index is 0.299. The Morgan fingerprint density at radius 2 is 1.75 bits per heavy atom. The quantitative estimate of drug-likeness (QED) is 0.538. The third-order valence-corrected chi connectivity index (χ3v) is 3.25. The number of allylic oxidation sites excluding steroid dienone is 2. The van der Waals surface area contributed by atoms with E-state index in [9.17, 15) is 4.79 Å². The molecule has 0 bridgehead atoms. The molecular weight excluding hydrogens is 148 g/mol. The van der Waals surface area contributed by atoms with Gasteiger partial charge >= 0.3 is 0 Å². The molecule has 0 unspecified atom stereocenters. The SMILES string of the molecule is O=C1C=CC2(CCCCCC2)C1. The Morgan fingerprint density at radius 1 is 1.08 bits per heavy atom. The molecule has 66 valence electrons. The molecule has 0 atom stereocenters. The topological polar surface area (TPSA) is 17.1 Å². The lowest BCUT2D eigenvalue weighted by Gasteiger charge is -2.23. The summed E-state index contributed by atoms with van der Waals surface area (Å²) in [5, 5.41) is 0. The van der Waals surface area contributed by atoms with E-state index in [1.165, 1.54) is 38.5 Å². The predicted molar refractivity (Wildman–Crippen MR) is 48.9 cm³/mol. The number of hydrogen-bond donors (Lipinski definition) is 0. The van der Waals surface area contributed by atoms with Gasteiger partial charge in [-0.05, 0) is 24.3 Å². The lowest BCUT2D eigenvalue weighted by molar-refractivity contribution is -0.115. The van der Waals surface area contributed by atoms with E-state index >= 15 is 0 Å². The van der Waals surface area contributed by atoms with Gasteiger partial charge in [0.15, 0.2) is 5.78 Å². The van der Waals surface area contributed by atoms with Crippen LogP contribution in [0.4, 0.5) is 0 Å². The highest BCUT2D eigenvalue weighted by atomic mass is 16.1. The first kappa shape index (κ1) is 8.03. The van der Waals surface area contributed by atoms with Crippen LogP contribution in [0.5, 0.6) is 0 Å². The minimum absolute atomic E-state index is 0.299. The van der Waals surface area contributed by atoms with Gasteiger partial charge in [0.05, 0.1) is 0 Å². The molecule has 1 fully saturated rings. The van der Waals surface area contributed by atoms with Gasteiger partial charge in [0.25, 0.3) is 0 Å². The number of ketones is 1.